The minimum atomic E-state index is 0.153. The van der Waals surface area contributed by atoms with Crippen LogP contribution in [0.4, 0.5) is 0 Å². The summed E-state index contributed by atoms with van der Waals surface area (Å²) in [4.78, 5) is 15.0. The number of hydrogen-bond donors (Lipinski definition) is 1. The lowest BCUT2D eigenvalue weighted by Crippen LogP contribution is -2.34. The van der Waals surface area contributed by atoms with E-state index in [4.69, 9.17) is 4.74 Å². The van der Waals surface area contributed by atoms with Crippen molar-refractivity contribution in [2.75, 3.05) is 33.3 Å². The lowest BCUT2D eigenvalue weighted by Gasteiger charge is -2.16. The highest BCUT2D eigenvalue weighted by molar-refractivity contribution is 9.10. The predicted molar refractivity (Wildman–Crippen MR) is 143 cm³/mol. The molecule has 2 heterocycles. The summed E-state index contributed by atoms with van der Waals surface area (Å²) in [7, 11) is 1.71. The van der Waals surface area contributed by atoms with Gasteiger partial charge in [-0.25, -0.2) is 0 Å². The highest BCUT2D eigenvalue weighted by Gasteiger charge is 2.19. The molecule has 0 bridgehead atoms. The summed E-state index contributed by atoms with van der Waals surface area (Å²) >= 11 is 3.53. The van der Waals surface area contributed by atoms with Gasteiger partial charge in [0.15, 0.2) is 0 Å². The molecule has 3 aromatic rings. The fourth-order valence-corrected chi connectivity index (χ4v) is 5.32. The zero-order valence-electron chi connectivity index (χ0n) is 20.6. The predicted octanol–water partition coefficient (Wildman–Crippen LogP) is 5.55. The summed E-state index contributed by atoms with van der Waals surface area (Å²) < 4.78 is 9.00. The molecule has 1 atom stereocenters. The smallest absolute Gasteiger partial charge is 0.220 e. The number of nitrogens with zero attached hydrogens (tertiary/aromatic N) is 2. The number of likely N-dealkylation sites (tertiary alicyclic amines) is 1. The molecule has 1 amide bonds. The molecule has 34 heavy (non-hydrogen) atoms. The summed E-state index contributed by atoms with van der Waals surface area (Å²) in [6.45, 7) is 9.23. The number of methoxy groups -OCH3 is 1. The van der Waals surface area contributed by atoms with Gasteiger partial charge in [-0.15, -0.1) is 0 Å². The van der Waals surface area contributed by atoms with Crippen molar-refractivity contribution >= 4 is 32.7 Å². The Labute approximate surface area is 211 Å². The first-order valence-electron chi connectivity index (χ1n) is 12.3. The Bertz CT molecular complexity index is 1120. The summed E-state index contributed by atoms with van der Waals surface area (Å²) in [5.41, 5.74) is 5.03. The van der Waals surface area contributed by atoms with Gasteiger partial charge in [-0.3, -0.25) is 4.79 Å². The van der Waals surface area contributed by atoms with Gasteiger partial charge in [0, 0.05) is 47.1 Å². The van der Waals surface area contributed by atoms with E-state index in [1.165, 1.54) is 53.7 Å². The van der Waals surface area contributed by atoms with E-state index in [9.17, 15) is 4.79 Å². The summed E-state index contributed by atoms with van der Waals surface area (Å²) in [6.07, 6.45) is 3.97. The van der Waals surface area contributed by atoms with Crippen LogP contribution in [0.3, 0.4) is 0 Å². The van der Waals surface area contributed by atoms with Crippen LogP contribution in [0, 0.1) is 12.8 Å². The van der Waals surface area contributed by atoms with Crippen molar-refractivity contribution in [2.45, 2.75) is 46.1 Å². The molecular formula is C28H36BrN3O2. The average Bonchev–Trinajstić information content (AvgIpc) is 3.43. The SMILES string of the molecule is COc1ccc2c(c1)c(CC(C)CC(=O)NCCN1CCCC1)c(C)n2Cc1ccc(Br)cc1. The highest BCUT2D eigenvalue weighted by atomic mass is 79.9. The molecule has 4 rings (SSSR count). The van der Waals surface area contributed by atoms with Crippen LogP contribution >= 0.6 is 15.9 Å². The van der Waals surface area contributed by atoms with Crippen molar-refractivity contribution in [3.63, 3.8) is 0 Å². The van der Waals surface area contributed by atoms with Crippen molar-refractivity contribution in [3.05, 3.63) is 63.8 Å². The van der Waals surface area contributed by atoms with Gasteiger partial charge < -0.3 is 19.5 Å². The molecular weight excluding hydrogens is 490 g/mol. The summed E-state index contributed by atoms with van der Waals surface area (Å²) in [6, 6.07) is 14.8. The van der Waals surface area contributed by atoms with E-state index in [1.807, 2.05) is 6.07 Å². The Kier molecular flexibility index (Phi) is 8.32. The molecule has 2 aromatic carbocycles. The van der Waals surface area contributed by atoms with Crippen LogP contribution in [0.2, 0.25) is 0 Å². The van der Waals surface area contributed by atoms with Crippen LogP contribution in [0.5, 0.6) is 5.75 Å². The van der Waals surface area contributed by atoms with E-state index < -0.39 is 0 Å². The van der Waals surface area contributed by atoms with Gasteiger partial charge in [-0.05, 0) is 86.7 Å². The van der Waals surface area contributed by atoms with Crippen LogP contribution in [-0.4, -0.2) is 48.7 Å². The van der Waals surface area contributed by atoms with Gasteiger partial charge >= 0.3 is 0 Å². The molecule has 1 fully saturated rings. The van der Waals surface area contributed by atoms with Gasteiger partial charge in [0.05, 0.1) is 7.11 Å². The van der Waals surface area contributed by atoms with Crippen molar-refractivity contribution in [3.8, 4) is 5.75 Å². The Balaban J connectivity index is 1.48. The summed E-state index contributed by atoms with van der Waals surface area (Å²) in [5, 5.41) is 4.35. The molecule has 1 aliphatic rings. The average molecular weight is 527 g/mol. The number of benzene rings is 2. The molecule has 0 aliphatic carbocycles. The van der Waals surface area contributed by atoms with Gasteiger partial charge in [-0.2, -0.15) is 0 Å². The van der Waals surface area contributed by atoms with E-state index in [-0.39, 0.29) is 11.8 Å². The number of nitrogens with one attached hydrogen (secondary N) is 1. The van der Waals surface area contributed by atoms with Crippen LogP contribution in [0.15, 0.2) is 46.9 Å². The molecule has 1 unspecified atom stereocenters. The molecule has 6 heteroatoms. The summed E-state index contributed by atoms with van der Waals surface area (Å²) in [5.74, 6) is 1.27. The third-order valence-corrected chi connectivity index (χ3v) is 7.48. The maximum absolute atomic E-state index is 12.6. The minimum Gasteiger partial charge on any atom is -0.497 e. The van der Waals surface area contributed by atoms with Crippen LogP contribution in [-0.2, 0) is 17.8 Å². The number of carbonyl (C=O) groups excluding carboxylic acids is 1. The third kappa shape index (κ3) is 6.02. The molecule has 1 saturated heterocycles. The first-order valence-corrected chi connectivity index (χ1v) is 13.1. The van der Waals surface area contributed by atoms with Crippen molar-refractivity contribution in [2.24, 2.45) is 5.92 Å². The zero-order valence-corrected chi connectivity index (χ0v) is 22.2. The van der Waals surface area contributed by atoms with Crippen LogP contribution in [0.25, 0.3) is 10.9 Å². The van der Waals surface area contributed by atoms with E-state index in [0.717, 1.165) is 36.3 Å². The molecule has 1 aromatic heterocycles. The number of fused-ring (bicyclic) bond motifs is 1. The Morgan fingerprint density at radius 2 is 1.88 bits per heavy atom. The van der Waals surface area contributed by atoms with Gasteiger partial charge in [0.2, 0.25) is 5.91 Å². The lowest BCUT2D eigenvalue weighted by atomic mass is 9.95. The Morgan fingerprint density at radius 1 is 1.15 bits per heavy atom. The number of amides is 1. The first kappa shape index (κ1) is 24.8. The zero-order chi connectivity index (χ0) is 24.1. The molecule has 0 radical (unpaired) electrons. The fraction of sp³-hybridized carbons (Fsp3) is 0.464. The minimum absolute atomic E-state index is 0.153. The normalized spacial score (nSPS) is 15.1. The second-order valence-corrected chi connectivity index (χ2v) is 10.5. The standard InChI is InChI=1S/C28H36BrN3O2/c1-20(17-28(33)30-12-15-31-13-4-5-14-31)16-25-21(2)32(19-22-6-8-23(29)9-7-22)27-11-10-24(34-3)18-26(25)27/h6-11,18,20H,4-5,12-17,19H2,1-3H3,(H,30,33). The largest absolute Gasteiger partial charge is 0.497 e. The molecule has 1 aliphatic heterocycles. The number of ether oxygens (including phenoxy) is 1. The number of carbonyl (C=O) groups is 1. The quantitative estimate of drug-likeness (QED) is 0.377. The monoisotopic (exact) mass is 525 g/mol. The molecule has 5 nitrogen and oxygen atoms in total. The third-order valence-electron chi connectivity index (χ3n) is 6.95. The Hall–Kier alpha value is -2.31. The molecule has 1 N–H and O–H groups in total. The van der Waals surface area contributed by atoms with Crippen molar-refractivity contribution in [1.82, 2.24) is 14.8 Å². The van der Waals surface area contributed by atoms with Gasteiger partial charge in [0.1, 0.15) is 5.75 Å². The van der Waals surface area contributed by atoms with E-state index in [1.54, 1.807) is 7.11 Å². The number of halogens is 1. The van der Waals surface area contributed by atoms with Crippen molar-refractivity contribution in [1.29, 1.82) is 0 Å². The van der Waals surface area contributed by atoms with Gasteiger partial charge in [0.25, 0.3) is 0 Å². The maximum Gasteiger partial charge on any atom is 0.220 e. The number of hydrogen-bond acceptors (Lipinski definition) is 3. The van der Waals surface area contributed by atoms with E-state index in [2.05, 4.69) is 81.0 Å². The topological polar surface area (TPSA) is 46.5 Å². The number of aromatic nitrogens is 1. The fourth-order valence-electron chi connectivity index (χ4n) is 5.06. The molecule has 0 saturated carbocycles. The van der Waals surface area contributed by atoms with E-state index >= 15 is 0 Å². The van der Waals surface area contributed by atoms with Crippen molar-refractivity contribution < 1.29 is 9.53 Å². The second kappa shape index (κ2) is 11.4. The lowest BCUT2D eigenvalue weighted by molar-refractivity contribution is -0.121. The highest BCUT2D eigenvalue weighted by Crippen LogP contribution is 2.32. The van der Waals surface area contributed by atoms with Crippen LogP contribution in [0.1, 0.15) is 43.0 Å². The van der Waals surface area contributed by atoms with Gasteiger partial charge in [-0.1, -0.05) is 35.0 Å². The van der Waals surface area contributed by atoms with Crippen LogP contribution < -0.4 is 10.1 Å². The van der Waals surface area contributed by atoms with E-state index in [0.29, 0.717) is 6.42 Å². The second-order valence-electron chi connectivity index (χ2n) is 9.57. The number of rotatable bonds is 10. The molecule has 182 valence electrons. The Morgan fingerprint density at radius 3 is 2.59 bits per heavy atom. The first-order chi connectivity index (χ1) is 16.4. The maximum atomic E-state index is 12.6. The molecule has 0 spiro atoms.